The van der Waals surface area contributed by atoms with Crippen molar-refractivity contribution >= 4 is 27.3 Å². The number of sulfonamides is 1. The molecule has 0 bridgehead atoms. The van der Waals surface area contributed by atoms with Gasteiger partial charge in [0.2, 0.25) is 15.9 Å². The highest BCUT2D eigenvalue weighted by Crippen LogP contribution is 2.35. The highest BCUT2D eigenvalue weighted by atomic mass is 32.2. The predicted octanol–water partition coefficient (Wildman–Crippen LogP) is 1.35. The minimum Gasteiger partial charge on any atom is -0.497 e. The molecular formula is C11H11F3N2O4S. The average molecular weight is 324 g/mol. The number of hydrogen-bond acceptors (Lipinski definition) is 4. The summed E-state index contributed by atoms with van der Waals surface area (Å²) in [6.45, 7) is -0.710. The van der Waals surface area contributed by atoms with Gasteiger partial charge in [-0.2, -0.15) is 13.2 Å². The van der Waals surface area contributed by atoms with Crippen LogP contribution in [0.2, 0.25) is 0 Å². The van der Waals surface area contributed by atoms with Crippen LogP contribution in [0.25, 0.3) is 0 Å². The summed E-state index contributed by atoms with van der Waals surface area (Å²) in [5.74, 6) is -2.49. The molecule has 116 valence electrons. The summed E-state index contributed by atoms with van der Waals surface area (Å²) in [5, 5.41) is 2.39. The van der Waals surface area contributed by atoms with Crippen LogP contribution in [0.1, 0.15) is 0 Å². The molecule has 0 spiro atoms. The number of benzene rings is 1. The highest BCUT2D eigenvalue weighted by Gasteiger charge is 2.41. The van der Waals surface area contributed by atoms with E-state index in [0.717, 1.165) is 0 Å². The zero-order valence-corrected chi connectivity index (χ0v) is 11.6. The molecule has 1 heterocycles. The number of alkyl halides is 3. The second-order valence-electron chi connectivity index (χ2n) is 4.31. The Balaban J connectivity index is 2.48. The van der Waals surface area contributed by atoms with Gasteiger partial charge in [-0.05, 0) is 12.1 Å². The maximum Gasteiger partial charge on any atom is 0.404 e. The van der Waals surface area contributed by atoms with Crippen LogP contribution in [0, 0.1) is 0 Å². The molecule has 0 atom stereocenters. The number of amides is 1. The van der Waals surface area contributed by atoms with E-state index >= 15 is 0 Å². The minimum atomic E-state index is -4.90. The Morgan fingerprint density at radius 3 is 2.62 bits per heavy atom. The Morgan fingerprint density at radius 1 is 1.38 bits per heavy atom. The molecule has 1 aromatic rings. The number of nitrogens with one attached hydrogen (secondary N) is 1. The van der Waals surface area contributed by atoms with Crippen molar-refractivity contribution in [2.75, 3.05) is 29.0 Å². The fourth-order valence-electron chi connectivity index (χ4n) is 1.89. The molecule has 0 unspecified atom stereocenters. The molecule has 1 amide bonds. The third-order valence-electron chi connectivity index (χ3n) is 2.72. The van der Waals surface area contributed by atoms with Crippen molar-refractivity contribution < 1.29 is 31.1 Å². The Hall–Kier alpha value is -1.97. The Kier molecular flexibility index (Phi) is 3.74. The molecule has 0 saturated carbocycles. The summed E-state index contributed by atoms with van der Waals surface area (Å²) < 4.78 is 66.3. The average Bonchev–Trinajstić information content (AvgIpc) is 2.34. The van der Waals surface area contributed by atoms with Gasteiger partial charge < -0.3 is 10.1 Å². The molecule has 0 radical (unpaired) electrons. The summed E-state index contributed by atoms with van der Waals surface area (Å²) in [4.78, 5) is 11.5. The minimum absolute atomic E-state index is 0.0572. The first-order chi connectivity index (χ1) is 9.62. The number of anilines is 2. The maximum absolute atomic E-state index is 12.4. The fraction of sp³-hybridized carbons (Fsp3) is 0.364. The van der Waals surface area contributed by atoms with Crippen molar-refractivity contribution in [3.05, 3.63) is 18.2 Å². The number of rotatable bonds is 3. The standard InChI is InChI=1S/C11H11F3N2O4S/c1-20-7-2-3-8-9(4-7)16(5-10(17)15-8)21(18,19)6-11(12,13)14/h2-4H,5-6H2,1H3,(H,15,17). The Labute approximate surface area is 118 Å². The SMILES string of the molecule is COc1ccc2c(c1)N(S(=O)(=O)CC(F)(F)F)CC(=O)N2. The van der Waals surface area contributed by atoms with Gasteiger partial charge >= 0.3 is 6.18 Å². The molecule has 1 aliphatic heterocycles. The van der Waals surface area contributed by atoms with Gasteiger partial charge in [0, 0.05) is 6.07 Å². The van der Waals surface area contributed by atoms with E-state index in [1.54, 1.807) is 0 Å². The first-order valence-electron chi connectivity index (χ1n) is 5.67. The van der Waals surface area contributed by atoms with E-state index in [4.69, 9.17) is 4.74 Å². The first kappa shape index (κ1) is 15.4. The number of carbonyl (C=O) groups excluding carboxylic acids is 1. The van der Waals surface area contributed by atoms with Crippen LogP contribution in [0.3, 0.4) is 0 Å². The van der Waals surface area contributed by atoms with Gasteiger partial charge in [0.1, 0.15) is 12.3 Å². The summed E-state index contributed by atoms with van der Waals surface area (Å²) in [5.41, 5.74) is 0.0519. The second-order valence-corrected chi connectivity index (χ2v) is 6.20. The number of halogens is 3. The van der Waals surface area contributed by atoms with Crippen molar-refractivity contribution in [1.82, 2.24) is 0 Å². The number of methoxy groups -OCH3 is 1. The van der Waals surface area contributed by atoms with Crippen molar-refractivity contribution in [3.8, 4) is 5.75 Å². The second kappa shape index (κ2) is 5.10. The lowest BCUT2D eigenvalue weighted by Crippen LogP contribution is -2.45. The Bertz CT molecular complexity index is 673. The molecule has 0 fully saturated rings. The lowest BCUT2D eigenvalue weighted by molar-refractivity contribution is -0.115. The number of fused-ring (bicyclic) bond motifs is 1. The van der Waals surface area contributed by atoms with Crippen LogP contribution in [0.5, 0.6) is 5.75 Å². The van der Waals surface area contributed by atoms with E-state index in [0.29, 0.717) is 4.31 Å². The molecule has 6 nitrogen and oxygen atoms in total. The van der Waals surface area contributed by atoms with E-state index in [2.05, 4.69) is 5.32 Å². The van der Waals surface area contributed by atoms with Crippen LogP contribution in [-0.4, -0.2) is 39.9 Å². The van der Waals surface area contributed by atoms with Crippen LogP contribution in [0.15, 0.2) is 18.2 Å². The van der Waals surface area contributed by atoms with Gasteiger partial charge in [-0.25, -0.2) is 8.42 Å². The maximum atomic E-state index is 12.4. The molecule has 0 aliphatic carbocycles. The topological polar surface area (TPSA) is 75.7 Å². The predicted molar refractivity (Wildman–Crippen MR) is 68.8 cm³/mol. The van der Waals surface area contributed by atoms with Gasteiger partial charge in [0.05, 0.1) is 18.5 Å². The van der Waals surface area contributed by atoms with Gasteiger partial charge in [-0.1, -0.05) is 0 Å². The van der Waals surface area contributed by atoms with Gasteiger partial charge in [-0.3, -0.25) is 9.10 Å². The molecule has 0 aromatic heterocycles. The zero-order valence-electron chi connectivity index (χ0n) is 10.8. The summed E-state index contributed by atoms with van der Waals surface area (Å²) in [6.07, 6.45) is -4.90. The zero-order chi connectivity index (χ0) is 15.8. The quantitative estimate of drug-likeness (QED) is 0.910. The summed E-state index contributed by atoms with van der Waals surface area (Å²) in [7, 11) is -3.39. The van der Waals surface area contributed by atoms with Crippen LogP contribution in [0.4, 0.5) is 24.5 Å². The van der Waals surface area contributed by atoms with Crippen molar-refractivity contribution in [3.63, 3.8) is 0 Å². The van der Waals surface area contributed by atoms with Crippen LogP contribution in [-0.2, 0) is 14.8 Å². The number of nitrogens with zero attached hydrogens (tertiary/aromatic N) is 1. The van der Waals surface area contributed by atoms with Crippen molar-refractivity contribution in [1.29, 1.82) is 0 Å². The van der Waals surface area contributed by atoms with Gasteiger partial charge in [0.15, 0.2) is 5.75 Å². The molecule has 10 heteroatoms. The van der Waals surface area contributed by atoms with Crippen molar-refractivity contribution in [2.24, 2.45) is 0 Å². The first-order valence-corrected chi connectivity index (χ1v) is 7.28. The monoisotopic (exact) mass is 324 g/mol. The van der Waals surface area contributed by atoms with Crippen LogP contribution < -0.4 is 14.4 Å². The molecule has 2 rings (SSSR count). The number of ether oxygens (including phenoxy) is 1. The fourth-order valence-corrected chi connectivity index (χ4v) is 3.22. The number of carbonyl (C=O) groups is 1. The van der Waals surface area contributed by atoms with Gasteiger partial charge in [0.25, 0.3) is 0 Å². The van der Waals surface area contributed by atoms with E-state index in [-0.39, 0.29) is 17.1 Å². The number of hydrogen-bond donors (Lipinski definition) is 1. The lowest BCUT2D eigenvalue weighted by Gasteiger charge is -2.30. The highest BCUT2D eigenvalue weighted by molar-refractivity contribution is 7.92. The molecule has 1 aliphatic rings. The smallest absolute Gasteiger partial charge is 0.404 e. The third kappa shape index (κ3) is 3.38. The largest absolute Gasteiger partial charge is 0.497 e. The summed E-state index contributed by atoms with van der Waals surface area (Å²) >= 11 is 0. The van der Waals surface area contributed by atoms with E-state index < -0.39 is 34.4 Å². The summed E-state index contributed by atoms with van der Waals surface area (Å²) in [6, 6.07) is 4.07. The van der Waals surface area contributed by atoms with E-state index in [1.807, 2.05) is 0 Å². The van der Waals surface area contributed by atoms with E-state index in [1.165, 1.54) is 25.3 Å². The molecule has 0 saturated heterocycles. The van der Waals surface area contributed by atoms with Crippen molar-refractivity contribution in [2.45, 2.75) is 6.18 Å². The molecule has 21 heavy (non-hydrogen) atoms. The van der Waals surface area contributed by atoms with Gasteiger partial charge in [-0.15, -0.1) is 0 Å². The third-order valence-corrected chi connectivity index (χ3v) is 4.41. The Morgan fingerprint density at radius 2 is 2.05 bits per heavy atom. The van der Waals surface area contributed by atoms with E-state index in [9.17, 15) is 26.4 Å². The van der Waals surface area contributed by atoms with Crippen LogP contribution >= 0.6 is 0 Å². The lowest BCUT2D eigenvalue weighted by atomic mass is 10.2. The normalized spacial score (nSPS) is 15.4. The molecular weight excluding hydrogens is 313 g/mol. The molecule has 1 N–H and O–H groups in total. The molecule has 1 aromatic carbocycles.